The Morgan fingerprint density at radius 3 is 2.79 bits per heavy atom. The van der Waals surface area contributed by atoms with Crippen molar-refractivity contribution >= 4 is 11.9 Å². The van der Waals surface area contributed by atoms with Gasteiger partial charge in [0.05, 0.1) is 0 Å². The van der Waals surface area contributed by atoms with Gasteiger partial charge in [-0.25, -0.2) is 4.98 Å². The zero-order chi connectivity index (χ0) is 10.4. The Morgan fingerprint density at radius 2 is 2.14 bits per heavy atom. The van der Waals surface area contributed by atoms with Crippen LogP contribution in [-0.2, 0) is 4.74 Å². The van der Waals surface area contributed by atoms with Gasteiger partial charge in [0.2, 0.25) is 0 Å². The van der Waals surface area contributed by atoms with E-state index in [1.807, 2.05) is 16.8 Å². The van der Waals surface area contributed by atoms with Crippen LogP contribution >= 0.6 is 0 Å². The molecule has 0 N–H and O–H groups in total. The summed E-state index contributed by atoms with van der Waals surface area (Å²) in [5.41, 5.74) is 1.46. The SMILES string of the molecule is COC.O=Cc1ccn2ccnc2c1. The first-order valence-electron chi connectivity index (χ1n) is 4.10. The Labute approximate surface area is 82.1 Å². The third-order valence-electron chi connectivity index (χ3n) is 1.56. The molecule has 0 fully saturated rings. The predicted molar refractivity (Wildman–Crippen MR) is 53.5 cm³/mol. The molecule has 0 aliphatic carbocycles. The second kappa shape index (κ2) is 5.14. The Bertz CT molecular complexity index is 409. The summed E-state index contributed by atoms with van der Waals surface area (Å²) in [6.45, 7) is 0. The zero-order valence-electron chi connectivity index (χ0n) is 8.18. The van der Waals surface area contributed by atoms with Crippen molar-refractivity contribution in [1.82, 2.24) is 9.38 Å². The van der Waals surface area contributed by atoms with Gasteiger partial charge in [-0.05, 0) is 12.1 Å². The average molecular weight is 192 g/mol. The van der Waals surface area contributed by atoms with E-state index in [9.17, 15) is 4.79 Å². The predicted octanol–water partition coefficient (Wildman–Crippen LogP) is 1.41. The summed E-state index contributed by atoms with van der Waals surface area (Å²) in [4.78, 5) is 14.4. The van der Waals surface area contributed by atoms with Gasteiger partial charge in [0.25, 0.3) is 0 Å². The largest absolute Gasteiger partial charge is 0.388 e. The summed E-state index contributed by atoms with van der Waals surface area (Å²) in [6.07, 6.45) is 6.16. The second-order valence-corrected chi connectivity index (χ2v) is 2.68. The van der Waals surface area contributed by atoms with Gasteiger partial charge in [0.15, 0.2) is 0 Å². The number of carbonyl (C=O) groups is 1. The fourth-order valence-electron chi connectivity index (χ4n) is 0.999. The van der Waals surface area contributed by atoms with Crippen LogP contribution in [0.25, 0.3) is 5.65 Å². The minimum Gasteiger partial charge on any atom is -0.388 e. The molecule has 0 aliphatic heterocycles. The van der Waals surface area contributed by atoms with Crippen LogP contribution in [0.15, 0.2) is 30.7 Å². The number of carbonyl (C=O) groups excluding carboxylic acids is 1. The van der Waals surface area contributed by atoms with E-state index in [0.29, 0.717) is 5.56 Å². The number of pyridine rings is 1. The van der Waals surface area contributed by atoms with Crippen LogP contribution in [0.4, 0.5) is 0 Å². The minimum absolute atomic E-state index is 0.656. The van der Waals surface area contributed by atoms with E-state index in [4.69, 9.17) is 0 Å². The van der Waals surface area contributed by atoms with Crippen molar-refractivity contribution in [2.24, 2.45) is 0 Å². The van der Waals surface area contributed by atoms with Crippen LogP contribution in [0.1, 0.15) is 10.4 Å². The van der Waals surface area contributed by atoms with Crippen molar-refractivity contribution in [1.29, 1.82) is 0 Å². The van der Waals surface area contributed by atoms with Crippen molar-refractivity contribution in [3.63, 3.8) is 0 Å². The number of fused-ring (bicyclic) bond motifs is 1. The number of hydrogen-bond donors (Lipinski definition) is 0. The monoisotopic (exact) mass is 192 g/mol. The maximum absolute atomic E-state index is 10.3. The molecular formula is C10H12N2O2. The molecule has 0 atom stereocenters. The van der Waals surface area contributed by atoms with Gasteiger partial charge in [-0.2, -0.15) is 0 Å². The number of aldehydes is 1. The molecule has 2 aromatic heterocycles. The molecule has 0 aromatic carbocycles. The average Bonchev–Trinajstić information content (AvgIpc) is 2.65. The first kappa shape index (κ1) is 10.4. The van der Waals surface area contributed by atoms with Crippen molar-refractivity contribution in [3.05, 3.63) is 36.3 Å². The third-order valence-corrected chi connectivity index (χ3v) is 1.56. The second-order valence-electron chi connectivity index (χ2n) is 2.68. The quantitative estimate of drug-likeness (QED) is 0.641. The van der Waals surface area contributed by atoms with Crippen LogP contribution in [0.2, 0.25) is 0 Å². The highest BCUT2D eigenvalue weighted by atomic mass is 16.4. The van der Waals surface area contributed by atoms with E-state index in [0.717, 1.165) is 11.9 Å². The molecule has 0 amide bonds. The molecule has 0 aliphatic rings. The first-order chi connectivity index (χ1) is 6.81. The summed E-state index contributed by atoms with van der Waals surface area (Å²) in [5.74, 6) is 0. The van der Waals surface area contributed by atoms with E-state index in [1.165, 1.54) is 0 Å². The van der Waals surface area contributed by atoms with Gasteiger partial charge in [0.1, 0.15) is 11.9 Å². The molecule has 2 aromatic rings. The number of aromatic nitrogens is 2. The fraction of sp³-hybridized carbons (Fsp3) is 0.200. The van der Waals surface area contributed by atoms with Crippen LogP contribution in [0.3, 0.4) is 0 Å². The molecular weight excluding hydrogens is 180 g/mol. The Hall–Kier alpha value is -1.68. The maximum Gasteiger partial charge on any atom is 0.150 e. The lowest BCUT2D eigenvalue weighted by Crippen LogP contribution is -1.85. The van der Waals surface area contributed by atoms with Crippen molar-refractivity contribution < 1.29 is 9.53 Å². The van der Waals surface area contributed by atoms with Gasteiger partial charge in [-0.3, -0.25) is 4.79 Å². The number of methoxy groups -OCH3 is 1. The lowest BCUT2D eigenvalue weighted by atomic mass is 10.3. The fourth-order valence-corrected chi connectivity index (χ4v) is 0.999. The molecule has 0 saturated heterocycles. The molecule has 2 heterocycles. The molecule has 14 heavy (non-hydrogen) atoms. The highest BCUT2D eigenvalue weighted by Gasteiger charge is 1.93. The Balaban J connectivity index is 0.000000293. The van der Waals surface area contributed by atoms with E-state index >= 15 is 0 Å². The smallest absolute Gasteiger partial charge is 0.150 e. The highest BCUT2D eigenvalue weighted by molar-refractivity contribution is 5.76. The summed E-state index contributed by atoms with van der Waals surface area (Å²) >= 11 is 0. The van der Waals surface area contributed by atoms with Crippen molar-refractivity contribution in [2.75, 3.05) is 14.2 Å². The van der Waals surface area contributed by atoms with Gasteiger partial charge < -0.3 is 9.14 Å². The van der Waals surface area contributed by atoms with E-state index in [2.05, 4.69) is 9.72 Å². The molecule has 74 valence electrons. The number of imidazole rings is 1. The topological polar surface area (TPSA) is 43.6 Å². The van der Waals surface area contributed by atoms with E-state index < -0.39 is 0 Å². The lowest BCUT2D eigenvalue weighted by molar-refractivity contribution is 0.112. The molecule has 0 unspecified atom stereocenters. The molecule has 0 saturated carbocycles. The van der Waals surface area contributed by atoms with Gasteiger partial charge in [-0.1, -0.05) is 0 Å². The van der Waals surface area contributed by atoms with Crippen LogP contribution in [0, 0.1) is 0 Å². The standard InChI is InChI=1S/C8H6N2O.C2H6O/c11-6-7-1-3-10-4-2-9-8(10)5-7;1-3-2/h1-6H;1-2H3. The van der Waals surface area contributed by atoms with E-state index in [1.54, 1.807) is 32.5 Å². The van der Waals surface area contributed by atoms with Gasteiger partial charge in [0, 0.05) is 38.4 Å². The maximum atomic E-state index is 10.3. The number of hydrogen-bond acceptors (Lipinski definition) is 3. The molecule has 4 heteroatoms. The zero-order valence-corrected chi connectivity index (χ0v) is 8.18. The molecule has 2 rings (SSSR count). The van der Waals surface area contributed by atoms with Gasteiger partial charge >= 0.3 is 0 Å². The minimum atomic E-state index is 0.656. The molecule has 0 radical (unpaired) electrons. The van der Waals surface area contributed by atoms with Crippen LogP contribution in [-0.4, -0.2) is 29.9 Å². The number of nitrogens with zero attached hydrogens (tertiary/aromatic N) is 2. The van der Waals surface area contributed by atoms with Crippen molar-refractivity contribution in [2.45, 2.75) is 0 Å². The molecule has 4 nitrogen and oxygen atoms in total. The first-order valence-corrected chi connectivity index (χ1v) is 4.10. The van der Waals surface area contributed by atoms with Crippen LogP contribution in [0.5, 0.6) is 0 Å². The summed E-state index contributed by atoms with van der Waals surface area (Å²) in [7, 11) is 3.25. The lowest BCUT2D eigenvalue weighted by Gasteiger charge is -1.91. The summed E-state index contributed by atoms with van der Waals surface area (Å²) < 4.78 is 6.10. The van der Waals surface area contributed by atoms with Crippen LogP contribution < -0.4 is 0 Å². The third kappa shape index (κ3) is 2.40. The Morgan fingerprint density at radius 1 is 1.43 bits per heavy atom. The Kier molecular flexibility index (Phi) is 3.82. The molecule has 0 spiro atoms. The highest BCUT2D eigenvalue weighted by Crippen LogP contribution is 2.02. The summed E-state index contributed by atoms with van der Waals surface area (Å²) in [6, 6.07) is 3.49. The molecule has 0 bridgehead atoms. The van der Waals surface area contributed by atoms with E-state index in [-0.39, 0.29) is 0 Å². The normalized spacial score (nSPS) is 9.29. The van der Waals surface area contributed by atoms with Gasteiger partial charge in [-0.15, -0.1) is 0 Å². The number of rotatable bonds is 1. The number of ether oxygens (including phenoxy) is 1. The van der Waals surface area contributed by atoms with Crippen molar-refractivity contribution in [3.8, 4) is 0 Å². The summed E-state index contributed by atoms with van der Waals surface area (Å²) in [5, 5.41) is 0.